The molecule has 0 N–H and O–H groups in total. The van der Waals surface area contributed by atoms with Crippen molar-refractivity contribution < 1.29 is 28.2 Å². The Morgan fingerprint density at radius 3 is 2.07 bits per heavy atom. The van der Waals surface area contributed by atoms with Gasteiger partial charge in [0, 0.05) is 11.6 Å². The Balaban J connectivity index is 2.07. The zero-order valence-corrected chi connectivity index (χ0v) is 17.8. The van der Waals surface area contributed by atoms with Crippen molar-refractivity contribution in [2.24, 2.45) is 5.41 Å². The molecule has 0 saturated heterocycles. The van der Waals surface area contributed by atoms with E-state index in [0.29, 0.717) is 39.5 Å². The Morgan fingerprint density at radius 2 is 1.53 bits per heavy atom. The van der Waals surface area contributed by atoms with Crippen LogP contribution < -0.4 is 24.4 Å². The van der Waals surface area contributed by atoms with Crippen molar-refractivity contribution in [2.75, 3.05) is 21.3 Å². The normalized spacial score (nSPS) is 11.3. The largest absolute Gasteiger partial charge is 0.493 e. The van der Waals surface area contributed by atoms with Crippen molar-refractivity contribution in [1.82, 2.24) is 0 Å². The molecule has 0 amide bonds. The van der Waals surface area contributed by atoms with Gasteiger partial charge in [-0.1, -0.05) is 0 Å². The molecule has 7 nitrogen and oxygen atoms in total. The van der Waals surface area contributed by atoms with E-state index in [1.165, 1.54) is 33.5 Å². The quantitative estimate of drug-likeness (QED) is 0.452. The van der Waals surface area contributed by atoms with Crippen LogP contribution in [0.2, 0.25) is 0 Å². The minimum Gasteiger partial charge on any atom is -0.493 e. The van der Waals surface area contributed by atoms with Crippen LogP contribution in [0.4, 0.5) is 0 Å². The summed E-state index contributed by atoms with van der Waals surface area (Å²) >= 11 is 0. The van der Waals surface area contributed by atoms with Crippen molar-refractivity contribution in [3.05, 3.63) is 46.6 Å². The zero-order chi connectivity index (χ0) is 22.1. The van der Waals surface area contributed by atoms with Crippen LogP contribution in [0, 0.1) is 5.41 Å². The molecule has 158 valence electrons. The molecule has 1 heterocycles. The lowest BCUT2D eigenvalue weighted by Gasteiger charge is -2.16. The van der Waals surface area contributed by atoms with Crippen molar-refractivity contribution in [2.45, 2.75) is 20.8 Å². The van der Waals surface area contributed by atoms with Gasteiger partial charge in [-0.25, -0.2) is 0 Å². The molecule has 0 unspecified atom stereocenters. The first-order valence-corrected chi connectivity index (χ1v) is 9.28. The summed E-state index contributed by atoms with van der Waals surface area (Å²) < 4.78 is 27.4. The number of benzene rings is 2. The third-order valence-electron chi connectivity index (χ3n) is 4.47. The number of fused-ring (bicyclic) bond motifs is 1. The molecule has 7 heteroatoms. The summed E-state index contributed by atoms with van der Waals surface area (Å²) in [6.45, 7) is 5.28. The summed E-state index contributed by atoms with van der Waals surface area (Å²) in [5, 5.41) is 0.311. The number of carbonyl (C=O) groups excluding carboxylic acids is 1. The average molecular weight is 412 g/mol. The van der Waals surface area contributed by atoms with E-state index in [0.717, 1.165) is 0 Å². The molecular weight excluding hydrogens is 388 g/mol. The van der Waals surface area contributed by atoms with Gasteiger partial charge in [-0.2, -0.15) is 0 Å². The SMILES string of the molecule is COc1cc(-c2cc(=O)c3cc(OC(=O)C(C)(C)C)ccc3o2)cc(OC)c1OC. The summed E-state index contributed by atoms with van der Waals surface area (Å²) in [5.41, 5.74) is 0.0258. The van der Waals surface area contributed by atoms with Crippen LogP contribution in [0.15, 0.2) is 45.6 Å². The highest BCUT2D eigenvalue weighted by atomic mass is 16.5. The molecule has 0 aliphatic heterocycles. The minimum atomic E-state index is -0.657. The number of carbonyl (C=O) groups is 1. The molecule has 0 radical (unpaired) electrons. The third kappa shape index (κ3) is 4.10. The van der Waals surface area contributed by atoms with Gasteiger partial charge in [0.05, 0.1) is 32.1 Å². The fourth-order valence-corrected chi connectivity index (χ4v) is 2.82. The summed E-state index contributed by atoms with van der Waals surface area (Å²) in [6.07, 6.45) is 0. The maximum Gasteiger partial charge on any atom is 0.316 e. The van der Waals surface area contributed by atoms with Crippen LogP contribution in [0.1, 0.15) is 20.8 Å². The van der Waals surface area contributed by atoms with E-state index < -0.39 is 5.41 Å². The topological polar surface area (TPSA) is 84.2 Å². The number of esters is 1. The Hall–Kier alpha value is -3.48. The van der Waals surface area contributed by atoms with Gasteiger partial charge < -0.3 is 23.4 Å². The number of hydrogen-bond acceptors (Lipinski definition) is 7. The molecule has 3 aromatic rings. The number of rotatable bonds is 5. The molecule has 30 heavy (non-hydrogen) atoms. The fraction of sp³-hybridized carbons (Fsp3) is 0.304. The molecule has 0 aliphatic rings. The molecule has 3 rings (SSSR count). The summed E-state index contributed by atoms with van der Waals surface area (Å²) in [5.74, 6) is 1.57. The Kier molecular flexibility index (Phi) is 5.73. The van der Waals surface area contributed by atoms with Crippen LogP contribution in [0.3, 0.4) is 0 Å². The van der Waals surface area contributed by atoms with E-state index in [-0.39, 0.29) is 17.1 Å². The highest BCUT2D eigenvalue weighted by Gasteiger charge is 2.24. The predicted octanol–water partition coefficient (Wildman–Crippen LogP) is 4.44. The molecule has 1 aromatic heterocycles. The Morgan fingerprint density at radius 1 is 0.900 bits per heavy atom. The third-order valence-corrected chi connectivity index (χ3v) is 4.47. The van der Waals surface area contributed by atoms with Crippen LogP contribution >= 0.6 is 0 Å². The van der Waals surface area contributed by atoms with Crippen LogP contribution in [0.5, 0.6) is 23.0 Å². The first-order chi connectivity index (χ1) is 14.2. The van der Waals surface area contributed by atoms with Crippen molar-refractivity contribution in [3.8, 4) is 34.3 Å². The van der Waals surface area contributed by atoms with Crippen molar-refractivity contribution in [3.63, 3.8) is 0 Å². The lowest BCUT2D eigenvalue weighted by Crippen LogP contribution is -2.25. The van der Waals surface area contributed by atoms with Gasteiger partial charge in [-0.15, -0.1) is 0 Å². The zero-order valence-electron chi connectivity index (χ0n) is 17.8. The van der Waals surface area contributed by atoms with Gasteiger partial charge in [0.25, 0.3) is 0 Å². The molecule has 2 aromatic carbocycles. The maximum atomic E-state index is 12.8. The number of ether oxygens (including phenoxy) is 4. The molecule has 0 bridgehead atoms. The Labute approximate surface area is 174 Å². The second kappa shape index (κ2) is 8.10. The van der Waals surface area contributed by atoms with E-state index in [4.69, 9.17) is 23.4 Å². The standard InChI is InChI=1S/C23H24O7/c1-23(2,3)22(25)29-14-7-8-17-15(11-14)16(24)12-18(30-17)13-9-19(26-4)21(28-6)20(10-13)27-5/h7-12H,1-6H3. The molecular formula is C23H24O7. The van der Waals surface area contributed by atoms with Gasteiger partial charge in [0.1, 0.15) is 17.1 Å². The lowest BCUT2D eigenvalue weighted by molar-refractivity contribution is -0.142. The highest BCUT2D eigenvalue weighted by Crippen LogP contribution is 2.41. The van der Waals surface area contributed by atoms with E-state index in [9.17, 15) is 9.59 Å². The first kappa shape index (κ1) is 21.2. The second-order valence-electron chi connectivity index (χ2n) is 7.69. The van der Waals surface area contributed by atoms with Crippen LogP contribution in [-0.4, -0.2) is 27.3 Å². The smallest absolute Gasteiger partial charge is 0.316 e. The van der Waals surface area contributed by atoms with E-state index >= 15 is 0 Å². The molecule has 0 spiro atoms. The van der Waals surface area contributed by atoms with Crippen molar-refractivity contribution in [1.29, 1.82) is 0 Å². The molecule has 0 atom stereocenters. The van der Waals surface area contributed by atoms with E-state index in [2.05, 4.69) is 0 Å². The van der Waals surface area contributed by atoms with Gasteiger partial charge >= 0.3 is 5.97 Å². The number of hydrogen-bond donors (Lipinski definition) is 0. The fourth-order valence-electron chi connectivity index (χ4n) is 2.82. The van der Waals surface area contributed by atoms with Gasteiger partial charge in [-0.05, 0) is 51.1 Å². The molecule has 0 fully saturated rings. The van der Waals surface area contributed by atoms with Crippen LogP contribution in [-0.2, 0) is 4.79 Å². The van der Waals surface area contributed by atoms with Gasteiger partial charge in [0.15, 0.2) is 16.9 Å². The number of methoxy groups -OCH3 is 3. The van der Waals surface area contributed by atoms with E-state index in [1.807, 2.05) is 0 Å². The summed E-state index contributed by atoms with van der Waals surface area (Å²) in [7, 11) is 4.54. The average Bonchev–Trinajstić information content (AvgIpc) is 2.72. The molecule has 0 aliphatic carbocycles. The minimum absolute atomic E-state index is 0.270. The van der Waals surface area contributed by atoms with Crippen molar-refractivity contribution >= 4 is 16.9 Å². The first-order valence-electron chi connectivity index (χ1n) is 9.28. The Bertz CT molecular complexity index is 1130. The van der Waals surface area contributed by atoms with E-state index in [1.54, 1.807) is 45.0 Å². The van der Waals surface area contributed by atoms with Gasteiger partial charge in [0.2, 0.25) is 5.75 Å². The second-order valence-corrected chi connectivity index (χ2v) is 7.69. The summed E-state index contributed by atoms with van der Waals surface area (Å²) in [4.78, 5) is 24.9. The summed E-state index contributed by atoms with van der Waals surface area (Å²) in [6, 6.07) is 9.47. The predicted molar refractivity (Wildman–Crippen MR) is 113 cm³/mol. The highest BCUT2D eigenvalue weighted by molar-refractivity contribution is 5.83. The molecule has 0 saturated carbocycles. The van der Waals surface area contributed by atoms with Crippen LogP contribution in [0.25, 0.3) is 22.3 Å². The monoisotopic (exact) mass is 412 g/mol. The van der Waals surface area contributed by atoms with Gasteiger partial charge in [-0.3, -0.25) is 9.59 Å². The maximum absolute atomic E-state index is 12.8. The lowest BCUT2D eigenvalue weighted by atomic mass is 9.97.